The minimum Gasteiger partial charge on any atom is -0.321 e. The van der Waals surface area contributed by atoms with Gasteiger partial charge < -0.3 is 5.32 Å². The highest BCUT2D eigenvalue weighted by Gasteiger charge is 2.33. The molecule has 2 heterocycles. The van der Waals surface area contributed by atoms with E-state index >= 15 is 0 Å². The standard InChI is InChI=1S/C21H20F3IN4O/c22-21(23,24)19-3-1-2-18(27-19)20(30)26-15-6-9-17-14(10-15)12-29(28-17)16-7-4-13(11-25)5-8-16/h1-3,6,9-10,12-13,16H,4-5,7-8,11H2,(H,26,30). The first-order valence-corrected chi connectivity index (χ1v) is 11.3. The van der Waals surface area contributed by atoms with Crippen LogP contribution in [-0.2, 0) is 6.18 Å². The van der Waals surface area contributed by atoms with Gasteiger partial charge in [-0.3, -0.25) is 9.48 Å². The van der Waals surface area contributed by atoms with Crippen molar-refractivity contribution in [3.05, 3.63) is 54.0 Å². The molecular weight excluding hydrogens is 508 g/mol. The molecule has 0 unspecified atom stereocenters. The molecule has 0 spiro atoms. The molecule has 30 heavy (non-hydrogen) atoms. The first-order chi connectivity index (χ1) is 14.3. The summed E-state index contributed by atoms with van der Waals surface area (Å²) >= 11 is 2.45. The number of halogens is 4. The van der Waals surface area contributed by atoms with Gasteiger partial charge in [-0.15, -0.1) is 0 Å². The average Bonchev–Trinajstić information content (AvgIpc) is 3.16. The van der Waals surface area contributed by atoms with E-state index in [1.54, 1.807) is 18.2 Å². The zero-order valence-corrected chi connectivity index (χ0v) is 18.2. The van der Waals surface area contributed by atoms with Crippen LogP contribution in [0.4, 0.5) is 18.9 Å². The van der Waals surface area contributed by atoms with Gasteiger partial charge in [-0.1, -0.05) is 28.7 Å². The van der Waals surface area contributed by atoms with Gasteiger partial charge in [0.15, 0.2) is 0 Å². The summed E-state index contributed by atoms with van der Waals surface area (Å²) in [5.41, 5.74) is -0.0714. The molecule has 9 heteroatoms. The van der Waals surface area contributed by atoms with E-state index in [1.807, 2.05) is 10.9 Å². The molecule has 1 saturated carbocycles. The molecular formula is C21H20F3IN4O. The fourth-order valence-electron chi connectivity index (χ4n) is 3.79. The number of anilines is 1. The normalized spacial score (nSPS) is 19.7. The third-order valence-corrected chi connectivity index (χ3v) is 6.71. The lowest BCUT2D eigenvalue weighted by atomic mass is 9.87. The van der Waals surface area contributed by atoms with E-state index in [0.717, 1.165) is 35.7 Å². The number of pyridine rings is 1. The topological polar surface area (TPSA) is 59.8 Å². The van der Waals surface area contributed by atoms with Crippen molar-refractivity contribution in [2.24, 2.45) is 5.92 Å². The van der Waals surface area contributed by atoms with Crippen molar-refractivity contribution in [2.45, 2.75) is 37.9 Å². The van der Waals surface area contributed by atoms with Crippen LogP contribution in [0.25, 0.3) is 10.9 Å². The maximum atomic E-state index is 12.8. The van der Waals surface area contributed by atoms with E-state index in [4.69, 9.17) is 0 Å². The summed E-state index contributed by atoms with van der Waals surface area (Å²) < 4.78 is 41.7. The first kappa shape index (κ1) is 21.1. The highest BCUT2D eigenvalue weighted by Crippen LogP contribution is 2.34. The number of benzene rings is 1. The summed E-state index contributed by atoms with van der Waals surface area (Å²) in [4.78, 5) is 15.8. The molecule has 0 radical (unpaired) electrons. The van der Waals surface area contributed by atoms with E-state index in [2.05, 4.69) is 38.0 Å². The van der Waals surface area contributed by atoms with Crippen molar-refractivity contribution in [1.82, 2.24) is 14.8 Å². The van der Waals surface area contributed by atoms with Crippen LogP contribution in [0.3, 0.4) is 0 Å². The molecule has 1 aliphatic rings. The molecule has 1 aliphatic carbocycles. The average molecular weight is 528 g/mol. The van der Waals surface area contributed by atoms with Crippen molar-refractivity contribution in [2.75, 3.05) is 9.74 Å². The number of hydrogen-bond acceptors (Lipinski definition) is 3. The Morgan fingerprint density at radius 3 is 2.63 bits per heavy atom. The van der Waals surface area contributed by atoms with E-state index in [0.29, 0.717) is 11.7 Å². The van der Waals surface area contributed by atoms with Crippen LogP contribution in [-0.4, -0.2) is 25.1 Å². The lowest BCUT2D eigenvalue weighted by Gasteiger charge is -2.27. The molecule has 3 aromatic rings. The third kappa shape index (κ3) is 4.60. The number of carbonyl (C=O) groups excluding carboxylic acids is 1. The molecule has 0 bridgehead atoms. The van der Waals surface area contributed by atoms with Gasteiger partial charge in [-0.2, -0.15) is 18.3 Å². The largest absolute Gasteiger partial charge is 0.433 e. The fourth-order valence-corrected chi connectivity index (χ4v) is 4.67. The summed E-state index contributed by atoms with van der Waals surface area (Å²) in [6.07, 6.45) is 1.99. The van der Waals surface area contributed by atoms with E-state index in [-0.39, 0.29) is 5.69 Å². The van der Waals surface area contributed by atoms with Gasteiger partial charge in [0.1, 0.15) is 11.4 Å². The van der Waals surface area contributed by atoms with Gasteiger partial charge in [0, 0.05) is 21.7 Å². The number of nitrogens with one attached hydrogen (secondary N) is 1. The van der Waals surface area contributed by atoms with Crippen LogP contribution >= 0.6 is 22.6 Å². The summed E-state index contributed by atoms with van der Waals surface area (Å²) in [5, 5.41) is 8.17. The molecule has 1 amide bonds. The Labute approximate surface area is 185 Å². The monoisotopic (exact) mass is 528 g/mol. The smallest absolute Gasteiger partial charge is 0.321 e. The second kappa shape index (κ2) is 8.52. The molecule has 1 N–H and O–H groups in total. The second-order valence-corrected chi connectivity index (χ2v) is 8.45. The Morgan fingerprint density at radius 1 is 1.17 bits per heavy atom. The van der Waals surface area contributed by atoms with Crippen molar-refractivity contribution in [3.8, 4) is 0 Å². The molecule has 0 aliphatic heterocycles. The molecule has 1 aromatic carbocycles. The minimum atomic E-state index is -4.60. The van der Waals surface area contributed by atoms with Gasteiger partial charge >= 0.3 is 6.18 Å². The number of rotatable bonds is 4. The van der Waals surface area contributed by atoms with E-state index < -0.39 is 17.8 Å². The maximum absolute atomic E-state index is 12.8. The van der Waals surface area contributed by atoms with E-state index in [1.165, 1.54) is 29.4 Å². The van der Waals surface area contributed by atoms with Crippen molar-refractivity contribution < 1.29 is 18.0 Å². The molecule has 5 nitrogen and oxygen atoms in total. The SMILES string of the molecule is O=C(Nc1ccc2nn(C3CCC(CI)CC3)cc2c1)c1cccc(C(F)(F)F)n1. The predicted molar refractivity (Wildman–Crippen MR) is 117 cm³/mol. The lowest BCUT2D eigenvalue weighted by Crippen LogP contribution is -2.19. The van der Waals surface area contributed by atoms with Gasteiger partial charge in [-0.25, -0.2) is 4.98 Å². The summed E-state index contributed by atoms with van der Waals surface area (Å²) in [7, 11) is 0. The fraction of sp³-hybridized carbons (Fsp3) is 0.381. The lowest BCUT2D eigenvalue weighted by molar-refractivity contribution is -0.141. The number of nitrogens with zero attached hydrogens (tertiary/aromatic N) is 3. The van der Waals surface area contributed by atoms with Gasteiger partial charge in [0.25, 0.3) is 5.91 Å². The summed E-state index contributed by atoms with van der Waals surface area (Å²) in [6.45, 7) is 0. The second-order valence-electron chi connectivity index (χ2n) is 7.57. The molecule has 2 aromatic heterocycles. The molecule has 158 valence electrons. The Hall–Kier alpha value is -2.17. The van der Waals surface area contributed by atoms with Crippen molar-refractivity contribution in [3.63, 3.8) is 0 Å². The van der Waals surface area contributed by atoms with Crippen molar-refractivity contribution in [1.29, 1.82) is 0 Å². The molecule has 0 atom stereocenters. The zero-order valence-electron chi connectivity index (χ0n) is 16.0. The third-order valence-electron chi connectivity index (χ3n) is 5.46. The number of hydrogen-bond donors (Lipinski definition) is 1. The summed E-state index contributed by atoms with van der Waals surface area (Å²) in [5.74, 6) is 0.100. The maximum Gasteiger partial charge on any atom is 0.433 e. The Balaban J connectivity index is 1.49. The first-order valence-electron chi connectivity index (χ1n) is 9.74. The van der Waals surface area contributed by atoms with E-state index in [9.17, 15) is 18.0 Å². The highest BCUT2D eigenvalue weighted by molar-refractivity contribution is 14.1. The van der Waals surface area contributed by atoms with Crippen LogP contribution in [0.15, 0.2) is 42.6 Å². The number of fused-ring (bicyclic) bond motifs is 1. The van der Waals surface area contributed by atoms with Gasteiger partial charge in [-0.05, 0) is 61.9 Å². The summed E-state index contributed by atoms with van der Waals surface area (Å²) in [6, 6.07) is 8.92. The molecule has 0 saturated heterocycles. The van der Waals surface area contributed by atoms with Crippen molar-refractivity contribution >= 4 is 45.1 Å². The number of amides is 1. The number of alkyl halides is 4. The van der Waals surface area contributed by atoms with Gasteiger partial charge in [0.2, 0.25) is 0 Å². The van der Waals surface area contributed by atoms with Crippen LogP contribution in [0.2, 0.25) is 0 Å². The van der Waals surface area contributed by atoms with Crippen LogP contribution in [0.5, 0.6) is 0 Å². The van der Waals surface area contributed by atoms with Crippen LogP contribution in [0, 0.1) is 5.92 Å². The Kier molecular flexibility index (Phi) is 5.99. The molecule has 4 rings (SSSR count). The van der Waals surface area contributed by atoms with Crippen LogP contribution < -0.4 is 5.32 Å². The number of carbonyl (C=O) groups is 1. The highest BCUT2D eigenvalue weighted by atomic mass is 127. The Bertz CT molecular complexity index is 1060. The Morgan fingerprint density at radius 2 is 1.93 bits per heavy atom. The minimum absolute atomic E-state index is 0.285. The van der Waals surface area contributed by atoms with Crippen LogP contribution in [0.1, 0.15) is 47.9 Å². The molecule has 1 fully saturated rings. The zero-order chi connectivity index (χ0) is 21.3. The number of aromatic nitrogens is 3. The predicted octanol–water partition coefficient (Wildman–Crippen LogP) is 5.87. The van der Waals surface area contributed by atoms with Gasteiger partial charge in [0.05, 0.1) is 11.6 Å². The quantitative estimate of drug-likeness (QED) is 0.341.